The van der Waals surface area contributed by atoms with Gasteiger partial charge in [-0.2, -0.15) is 0 Å². The third-order valence-corrected chi connectivity index (χ3v) is 3.65. The van der Waals surface area contributed by atoms with Gasteiger partial charge < -0.3 is 19.4 Å². The average Bonchev–Trinajstić information content (AvgIpc) is 2.56. The maximum absolute atomic E-state index is 11.7. The van der Waals surface area contributed by atoms with Crippen LogP contribution < -0.4 is 15.6 Å². The van der Waals surface area contributed by atoms with E-state index in [1.54, 1.807) is 31.0 Å². The minimum Gasteiger partial charge on any atom is -0.494 e. The van der Waals surface area contributed by atoms with Gasteiger partial charge in [-0.15, -0.1) is 0 Å². The first-order valence-electron chi connectivity index (χ1n) is 7.74. The van der Waals surface area contributed by atoms with Crippen LogP contribution in [0, 0.1) is 0 Å². The minimum atomic E-state index is -0.00587. The number of pyridine rings is 1. The van der Waals surface area contributed by atoms with Crippen LogP contribution in [0.2, 0.25) is 0 Å². The zero-order chi connectivity index (χ0) is 16.7. The predicted octanol–water partition coefficient (Wildman–Crippen LogP) is 2.26. The van der Waals surface area contributed by atoms with Crippen LogP contribution in [0.15, 0.2) is 47.4 Å². The van der Waals surface area contributed by atoms with Gasteiger partial charge in [0.05, 0.1) is 19.3 Å². The van der Waals surface area contributed by atoms with Gasteiger partial charge in [0.25, 0.3) is 5.56 Å². The zero-order valence-corrected chi connectivity index (χ0v) is 13.9. The smallest absolute Gasteiger partial charge is 0.250 e. The van der Waals surface area contributed by atoms with Crippen LogP contribution in [0.5, 0.6) is 5.75 Å². The molecule has 0 radical (unpaired) electrons. The first-order valence-corrected chi connectivity index (χ1v) is 7.74. The normalized spacial score (nSPS) is 12.1. The first kappa shape index (κ1) is 17.2. The Morgan fingerprint density at radius 1 is 1.22 bits per heavy atom. The molecule has 1 aromatic carbocycles. The van der Waals surface area contributed by atoms with Gasteiger partial charge in [-0.1, -0.05) is 12.1 Å². The van der Waals surface area contributed by atoms with Gasteiger partial charge in [0.1, 0.15) is 5.75 Å². The highest BCUT2D eigenvalue weighted by atomic mass is 16.5. The molecule has 1 atom stereocenters. The van der Waals surface area contributed by atoms with E-state index in [0.717, 1.165) is 16.9 Å². The van der Waals surface area contributed by atoms with Gasteiger partial charge in [-0.05, 0) is 36.2 Å². The summed E-state index contributed by atoms with van der Waals surface area (Å²) in [4.78, 5) is 11.7. The minimum absolute atomic E-state index is 0.00587. The van der Waals surface area contributed by atoms with Crippen LogP contribution in [0.1, 0.15) is 24.1 Å². The molecular formula is C18H24N2O3. The fourth-order valence-electron chi connectivity index (χ4n) is 2.34. The van der Waals surface area contributed by atoms with Gasteiger partial charge >= 0.3 is 0 Å². The molecule has 0 bridgehead atoms. The van der Waals surface area contributed by atoms with E-state index in [2.05, 4.69) is 5.32 Å². The molecule has 1 heterocycles. The lowest BCUT2D eigenvalue weighted by atomic mass is 10.1. The molecule has 1 unspecified atom stereocenters. The highest BCUT2D eigenvalue weighted by Gasteiger charge is 2.11. The molecule has 1 N–H and O–H groups in total. The second-order valence-corrected chi connectivity index (χ2v) is 5.38. The number of benzene rings is 1. The summed E-state index contributed by atoms with van der Waals surface area (Å²) >= 11 is 0. The number of hydrogen-bond donors (Lipinski definition) is 1. The summed E-state index contributed by atoms with van der Waals surface area (Å²) in [5.41, 5.74) is 2.08. The van der Waals surface area contributed by atoms with Gasteiger partial charge in [0.15, 0.2) is 0 Å². The largest absolute Gasteiger partial charge is 0.494 e. The molecule has 2 rings (SSSR count). The van der Waals surface area contributed by atoms with Crippen molar-refractivity contribution in [1.29, 1.82) is 0 Å². The summed E-state index contributed by atoms with van der Waals surface area (Å²) in [5, 5.41) is 3.44. The van der Waals surface area contributed by atoms with Crippen LogP contribution in [0.4, 0.5) is 0 Å². The molecule has 0 aliphatic heterocycles. The monoisotopic (exact) mass is 316 g/mol. The van der Waals surface area contributed by atoms with Crippen molar-refractivity contribution in [3.8, 4) is 5.75 Å². The van der Waals surface area contributed by atoms with E-state index in [-0.39, 0.29) is 11.6 Å². The van der Waals surface area contributed by atoms with E-state index in [1.165, 1.54) is 0 Å². The summed E-state index contributed by atoms with van der Waals surface area (Å²) in [7, 11) is 3.43. The van der Waals surface area contributed by atoms with Crippen molar-refractivity contribution in [3.05, 3.63) is 64.1 Å². The van der Waals surface area contributed by atoms with E-state index in [4.69, 9.17) is 9.47 Å². The second-order valence-electron chi connectivity index (χ2n) is 5.38. The number of methoxy groups -OCH3 is 1. The molecule has 5 nitrogen and oxygen atoms in total. The molecule has 0 saturated heterocycles. The van der Waals surface area contributed by atoms with Gasteiger partial charge in [0, 0.05) is 33.0 Å². The highest BCUT2D eigenvalue weighted by Crippen LogP contribution is 2.18. The molecule has 1 aromatic heterocycles. The van der Waals surface area contributed by atoms with E-state index in [0.29, 0.717) is 19.8 Å². The third kappa shape index (κ3) is 4.94. The quantitative estimate of drug-likeness (QED) is 0.812. The Bertz CT molecular complexity index is 665. The molecule has 0 amide bonds. The molecule has 0 fully saturated rings. The van der Waals surface area contributed by atoms with Crippen molar-refractivity contribution in [3.63, 3.8) is 0 Å². The second kappa shape index (κ2) is 8.50. The molecule has 0 spiro atoms. The Kier molecular flexibility index (Phi) is 6.38. The van der Waals surface area contributed by atoms with Crippen molar-refractivity contribution >= 4 is 0 Å². The molecule has 5 heteroatoms. The standard InChI is InChI=1S/C18H24N2O3/c1-4-23-16-7-5-15(6-8-16)17(13-22-3)19-12-14-9-10-20(2)18(21)11-14/h5-11,17,19H,4,12-13H2,1-3H3. The Labute approximate surface area is 136 Å². The topological polar surface area (TPSA) is 52.5 Å². The first-order chi connectivity index (χ1) is 11.1. The maximum atomic E-state index is 11.7. The van der Waals surface area contributed by atoms with E-state index < -0.39 is 0 Å². The van der Waals surface area contributed by atoms with Crippen LogP contribution in [0.25, 0.3) is 0 Å². The fourth-order valence-corrected chi connectivity index (χ4v) is 2.34. The lowest BCUT2D eigenvalue weighted by Gasteiger charge is -2.19. The molecule has 23 heavy (non-hydrogen) atoms. The molecule has 124 valence electrons. The number of aryl methyl sites for hydroxylation is 1. The third-order valence-electron chi connectivity index (χ3n) is 3.65. The number of nitrogens with one attached hydrogen (secondary N) is 1. The number of ether oxygens (including phenoxy) is 2. The van der Waals surface area contributed by atoms with E-state index >= 15 is 0 Å². The predicted molar refractivity (Wildman–Crippen MR) is 90.8 cm³/mol. The lowest BCUT2D eigenvalue weighted by molar-refractivity contribution is 0.166. The van der Waals surface area contributed by atoms with Crippen molar-refractivity contribution in [2.45, 2.75) is 19.5 Å². The summed E-state index contributed by atoms with van der Waals surface area (Å²) < 4.78 is 12.3. The summed E-state index contributed by atoms with van der Waals surface area (Å²) in [6.07, 6.45) is 1.78. The van der Waals surface area contributed by atoms with Crippen molar-refractivity contribution in [2.75, 3.05) is 20.3 Å². The number of hydrogen-bond acceptors (Lipinski definition) is 4. The van der Waals surface area contributed by atoms with Gasteiger partial charge in [0.2, 0.25) is 0 Å². The molecule has 2 aromatic rings. The Morgan fingerprint density at radius 2 is 1.96 bits per heavy atom. The Balaban J connectivity index is 2.05. The zero-order valence-electron chi connectivity index (χ0n) is 13.9. The number of nitrogens with zero attached hydrogens (tertiary/aromatic N) is 1. The number of aromatic nitrogens is 1. The summed E-state index contributed by atoms with van der Waals surface area (Å²) in [5.74, 6) is 0.860. The van der Waals surface area contributed by atoms with Crippen molar-refractivity contribution < 1.29 is 9.47 Å². The van der Waals surface area contributed by atoms with Crippen LogP contribution in [-0.2, 0) is 18.3 Å². The fraction of sp³-hybridized carbons (Fsp3) is 0.389. The lowest BCUT2D eigenvalue weighted by Crippen LogP contribution is -2.26. The SMILES string of the molecule is CCOc1ccc(C(COC)NCc2ccn(C)c(=O)c2)cc1. The van der Waals surface area contributed by atoms with Crippen molar-refractivity contribution in [1.82, 2.24) is 9.88 Å². The Hall–Kier alpha value is -2.11. The van der Waals surface area contributed by atoms with E-state index in [9.17, 15) is 4.79 Å². The highest BCUT2D eigenvalue weighted by molar-refractivity contribution is 5.29. The molecule has 0 saturated carbocycles. The molecule has 0 aliphatic carbocycles. The van der Waals surface area contributed by atoms with Gasteiger partial charge in [-0.25, -0.2) is 0 Å². The van der Waals surface area contributed by atoms with Gasteiger partial charge in [-0.3, -0.25) is 4.79 Å². The van der Waals surface area contributed by atoms with Crippen LogP contribution >= 0.6 is 0 Å². The number of rotatable bonds is 8. The summed E-state index contributed by atoms with van der Waals surface area (Å²) in [6.45, 7) is 3.78. The average molecular weight is 316 g/mol. The Morgan fingerprint density at radius 3 is 2.57 bits per heavy atom. The van der Waals surface area contributed by atoms with Crippen LogP contribution in [-0.4, -0.2) is 24.9 Å². The van der Waals surface area contributed by atoms with E-state index in [1.807, 2.05) is 37.3 Å². The van der Waals surface area contributed by atoms with Crippen molar-refractivity contribution in [2.24, 2.45) is 7.05 Å². The molecule has 0 aliphatic rings. The molecular weight excluding hydrogens is 292 g/mol. The summed E-state index contributed by atoms with van der Waals surface area (Å²) in [6, 6.07) is 11.6. The van der Waals surface area contributed by atoms with Crippen LogP contribution in [0.3, 0.4) is 0 Å². The maximum Gasteiger partial charge on any atom is 0.250 e.